The Morgan fingerprint density at radius 1 is 1.09 bits per heavy atom. The molecule has 2 saturated heterocycles. The summed E-state index contributed by atoms with van der Waals surface area (Å²) in [6, 6.07) is 6.90. The molecule has 1 aliphatic carbocycles. The molecule has 228 valence electrons. The monoisotopic (exact) mass is 634 g/mol. The summed E-state index contributed by atoms with van der Waals surface area (Å²) in [4.78, 5) is 24.9. The molecule has 15 heteroatoms. The fraction of sp³-hybridized carbons (Fsp3) is 0.464. The van der Waals surface area contributed by atoms with E-state index in [1.807, 2.05) is 12.1 Å². The molecule has 4 aliphatic rings. The Bertz CT molecular complexity index is 1680. The molecule has 5 heterocycles. The van der Waals surface area contributed by atoms with Gasteiger partial charge in [0.25, 0.3) is 5.91 Å². The maximum Gasteiger partial charge on any atom is 0.420 e. The van der Waals surface area contributed by atoms with E-state index in [0.29, 0.717) is 29.1 Å². The molecular formula is C28H29F3N6O4S2. The van der Waals surface area contributed by atoms with Crippen molar-refractivity contribution in [3.63, 3.8) is 0 Å². The minimum atomic E-state index is -4.81. The summed E-state index contributed by atoms with van der Waals surface area (Å²) in [5, 5.41) is 6.46. The number of anilines is 3. The predicted octanol–water partition coefficient (Wildman–Crippen LogP) is 3.88. The van der Waals surface area contributed by atoms with E-state index in [4.69, 9.17) is 4.74 Å². The fourth-order valence-electron chi connectivity index (χ4n) is 5.66. The van der Waals surface area contributed by atoms with Crippen molar-refractivity contribution in [2.75, 3.05) is 61.9 Å². The molecule has 1 saturated carbocycles. The average molecular weight is 635 g/mol. The lowest BCUT2D eigenvalue weighted by atomic mass is 10.1. The minimum Gasteiger partial charge on any atom is -0.377 e. The van der Waals surface area contributed by atoms with E-state index in [2.05, 4.69) is 31.6 Å². The van der Waals surface area contributed by atoms with Crippen LogP contribution in [0, 0.1) is 0 Å². The van der Waals surface area contributed by atoms with E-state index < -0.39 is 33.2 Å². The Hall–Kier alpha value is -3.27. The summed E-state index contributed by atoms with van der Waals surface area (Å²) in [6.45, 7) is 4.14. The van der Waals surface area contributed by atoms with Gasteiger partial charge in [0.15, 0.2) is 9.84 Å². The first-order valence-corrected chi connectivity index (χ1v) is 16.6. The Kier molecular flexibility index (Phi) is 7.10. The lowest BCUT2D eigenvalue weighted by molar-refractivity contribution is -0.137. The number of rotatable bonds is 6. The van der Waals surface area contributed by atoms with Gasteiger partial charge < -0.3 is 25.2 Å². The van der Waals surface area contributed by atoms with Crippen LogP contribution < -0.4 is 15.5 Å². The van der Waals surface area contributed by atoms with Crippen LogP contribution >= 0.6 is 11.3 Å². The minimum absolute atomic E-state index is 0.00192. The lowest BCUT2D eigenvalue weighted by Gasteiger charge is -2.36. The third-order valence-corrected chi connectivity index (χ3v) is 11.2. The molecule has 0 spiro atoms. The van der Waals surface area contributed by atoms with E-state index in [0.717, 1.165) is 56.3 Å². The van der Waals surface area contributed by atoms with Crippen molar-refractivity contribution in [3.8, 4) is 10.6 Å². The number of sulfone groups is 1. The molecule has 0 radical (unpaired) electrons. The number of hydrogen-bond acceptors (Lipinski definition) is 10. The van der Waals surface area contributed by atoms with Crippen LogP contribution in [0.25, 0.3) is 10.6 Å². The van der Waals surface area contributed by atoms with Gasteiger partial charge in [0.1, 0.15) is 10.4 Å². The zero-order valence-electron chi connectivity index (χ0n) is 23.0. The number of alkyl halides is 3. The first-order chi connectivity index (χ1) is 20.6. The van der Waals surface area contributed by atoms with Crippen molar-refractivity contribution in [1.29, 1.82) is 0 Å². The maximum absolute atomic E-state index is 14.2. The van der Waals surface area contributed by atoms with Crippen LogP contribution in [0.1, 0.15) is 39.6 Å². The van der Waals surface area contributed by atoms with Gasteiger partial charge in [-0.15, -0.1) is 11.3 Å². The smallest absolute Gasteiger partial charge is 0.377 e. The molecular weight excluding hydrogens is 605 g/mol. The molecule has 0 unspecified atom stereocenters. The number of piperazine rings is 1. The van der Waals surface area contributed by atoms with Crippen molar-refractivity contribution >= 4 is 44.4 Å². The lowest BCUT2D eigenvalue weighted by Crippen LogP contribution is -2.52. The van der Waals surface area contributed by atoms with Crippen molar-refractivity contribution in [1.82, 2.24) is 20.2 Å². The van der Waals surface area contributed by atoms with Crippen molar-refractivity contribution in [2.45, 2.75) is 35.9 Å². The van der Waals surface area contributed by atoms with Gasteiger partial charge in [-0.2, -0.15) is 13.2 Å². The van der Waals surface area contributed by atoms with Crippen LogP contribution in [0.15, 0.2) is 35.4 Å². The zero-order valence-corrected chi connectivity index (χ0v) is 24.6. The number of nitrogens with one attached hydrogen (secondary N) is 2. The number of halogens is 3. The zero-order chi connectivity index (χ0) is 29.9. The van der Waals surface area contributed by atoms with Gasteiger partial charge in [-0.05, 0) is 48.6 Å². The third kappa shape index (κ3) is 5.47. The van der Waals surface area contributed by atoms with Crippen LogP contribution in [0.3, 0.4) is 0 Å². The highest BCUT2D eigenvalue weighted by Crippen LogP contribution is 2.46. The molecule has 10 nitrogen and oxygen atoms in total. The molecule has 7 rings (SSSR count). The second-order valence-electron chi connectivity index (χ2n) is 11.2. The molecule has 1 amide bonds. The fourth-order valence-corrected chi connectivity index (χ4v) is 8.57. The molecule has 0 bridgehead atoms. The Morgan fingerprint density at radius 2 is 1.86 bits per heavy atom. The number of ether oxygens (including phenoxy) is 1. The Labute approximate surface area is 250 Å². The number of thiophene rings is 1. The van der Waals surface area contributed by atoms with E-state index in [1.165, 1.54) is 4.90 Å². The SMILES string of the molecule is O=C1c2sc(-c3nc(Nc4ccc(N5CCNCC5)cc4C4CC4)ncc3C(F)(F)F)cc2S(=O)(=O)CCN1C1COC1. The van der Waals surface area contributed by atoms with Crippen LogP contribution in [-0.2, 0) is 20.8 Å². The van der Waals surface area contributed by atoms with Crippen LogP contribution in [0.5, 0.6) is 0 Å². The van der Waals surface area contributed by atoms with Gasteiger partial charge in [0, 0.05) is 50.3 Å². The molecule has 43 heavy (non-hydrogen) atoms. The second-order valence-corrected chi connectivity index (χ2v) is 14.3. The summed E-state index contributed by atoms with van der Waals surface area (Å²) < 4.78 is 74.0. The summed E-state index contributed by atoms with van der Waals surface area (Å²) in [5.41, 5.74) is 1.28. The predicted molar refractivity (Wildman–Crippen MR) is 155 cm³/mol. The number of carbonyl (C=O) groups excluding carboxylic acids is 1. The normalized spacial score (nSPS) is 20.9. The highest BCUT2D eigenvalue weighted by molar-refractivity contribution is 7.91. The molecule has 3 aliphatic heterocycles. The quantitative estimate of drug-likeness (QED) is 0.417. The molecule has 2 aromatic heterocycles. The first-order valence-electron chi connectivity index (χ1n) is 14.1. The average Bonchev–Trinajstić information content (AvgIpc) is 3.71. The molecule has 3 aromatic rings. The van der Waals surface area contributed by atoms with Gasteiger partial charge in [-0.3, -0.25) is 4.79 Å². The Balaban J connectivity index is 1.26. The van der Waals surface area contributed by atoms with Gasteiger partial charge in [0.05, 0.1) is 40.5 Å². The van der Waals surface area contributed by atoms with E-state index in [-0.39, 0.29) is 52.2 Å². The summed E-state index contributed by atoms with van der Waals surface area (Å²) in [6.07, 6.45) is -2.06. The molecule has 1 aromatic carbocycles. The van der Waals surface area contributed by atoms with Crippen LogP contribution in [0.4, 0.5) is 30.5 Å². The third-order valence-electron chi connectivity index (χ3n) is 8.26. The first kappa shape index (κ1) is 28.5. The van der Waals surface area contributed by atoms with Gasteiger partial charge in [0.2, 0.25) is 5.95 Å². The van der Waals surface area contributed by atoms with Crippen molar-refractivity contribution in [3.05, 3.63) is 46.5 Å². The van der Waals surface area contributed by atoms with Gasteiger partial charge in [-0.25, -0.2) is 18.4 Å². The van der Waals surface area contributed by atoms with Crippen molar-refractivity contribution < 1.29 is 31.1 Å². The number of fused-ring (bicyclic) bond motifs is 1. The largest absolute Gasteiger partial charge is 0.420 e. The topological polar surface area (TPSA) is 117 Å². The van der Waals surface area contributed by atoms with Crippen molar-refractivity contribution in [2.24, 2.45) is 0 Å². The van der Waals surface area contributed by atoms with E-state index in [1.54, 1.807) is 0 Å². The van der Waals surface area contributed by atoms with Gasteiger partial charge >= 0.3 is 6.18 Å². The van der Waals surface area contributed by atoms with E-state index >= 15 is 0 Å². The highest BCUT2D eigenvalue weighted by Gasteiger charge is 2.41. The Morgan fingerprint density at radius 3 is 2.53 bits per heavy atom. The molecule has 2 N–H and O–H groups in total. The number of nitrogens with zero attached hydrogens (tertiary/aromatic N) is 4. The number of amides is 1. The second kappa shape index (κ2) is 10.7. The van der Waals surface area contributed by atoms with Crippen LogP contribution in [-0.4, -0.2) is 86.9 Å². The summed E-state index contributed by atoms with van der Waals surface area (Å²) in [5.74, 6) is -0.562. The summed E-state index contributed by atoms with van der Waals surface area (Å²) >= 11 is 0.709. The van der Waals surface area contributed by atoms with Crippen LogP contribution in [0.2, 0.25) is 0 Å². The number of aromatic nitrogens is 2. The highest BCUT2D eigenvalue weighted by atomic mass is 32.2. The maximum atomic E-state index is 14.2. The molecule has 0 atom stereocenters. The number of carbonyl (C=O) groups is 1. The standard InChI is InChI=1S/C28H29F3N6O4S2/c29-28(30,31)20-13-33-27(34-21-4-3-17(11-19(21)16-1-2-16)36-7-5-32-6-8-36)35-24(20)22-12-23-25(42-22)26(38)37(18-14-41-15-18)9-10-43(23,39)40/h3-4,11-13,16,18,32H,1-2,5-10,14-15H2,(H,33,34,35). The number of hydrogen-bond donors (Lipinski definition) is 2. The number of benzene rings is 1. The molecule has 3 fully saturated rings. The van der Waals surface area contributed by atoms with Gasteiger partial charge in [-0.1, -0.05) is 0 Å². The summed E-state index contributed by atoms with van der Waals surface area (Å²) in [7, 11) is -3.92. The van der Waals surface area contributed by atoms with E-state index in [9.17, 15) is 26.4 Å².